The van der Waals surface area contributed by atoms with Crippen LogP contribution < -0.4 is 10.4 Å². The van der Waals surface area contributed by atoms with E-state index < -0.39 is 16.8 Å². The molecule has 10 nitrogen and oxygen atoms in total. The molecule has 152 valence electrons. The summed E-state index contributed by atoms with van der Waals surface area (Å²) in [5, 5.41) is 16.7. The molecule has 10 heteroatoms. The highest BCUT2D eigenvalue weighted by Gasteiger charge is 2.33. The van der Waals surface area contributed by atoms with Crippen LogP contribution in [0.25, 0.3) is 11.0 Å². The Kier molecular flexibility index (Phi) is 4.88. The van der Waals surface area contributed by atoms with E-state index in [2.05, 4.69) is 5.10 Å². The molecule has 0 saturated heterocycles. The van der Waals surface area contributed by atoms with E-state index in [4.69, 9.17) is 13.9 Å². The molecule has 2 aromatic carbocycles. The number of hydrogen-bond acceptors (Lipinski definition) is 8. The van der Waals surface area contributed by atoms with Crippen LogP contribution in [-0.4, -0.2) is 28.3 Å². The fourth-order valence-electron chi connectivity index (χ4n) is 2.98. The molecule has 0 aliphatic carbocycles. The molecule has 1 aliphatic rings. The summed E-state index contributed by atoms with van der Waals surface area (Å²) in [7, 11) is 0. The molecular formula is C20H15N3O7. The smallest absolute Gasteiger partial charge is 0.339 e. The lowest BCUT2D eigenvalue weighted by molar-refractivity contribution is -0.384. The normalized spacial score (nSPS) is 15.6. The van der Waals surface area contributed by atoms with Crippen LogP contribution in [0.2, 0.25) is 0 Å². The minimum absolute atomic E-state index is 0.0783. The lowest BCUT2D eigenvalue weighted by atomic mass is 10.2. The first-order valence-corrected chi connectivity index (χ1v) is 8.86. The van der Waals surface area contributed by atoms with Crippen LogP contribution in [0.5, 0.6) is 5.75 Å². The zero-order valence-electron chi connectivity index (χ0n) is 15.7. The van der Waals surface area contributed by atoms with Gasteiger partial charge in [0.2, 0.25) is 18.0 Å². The number of carbonyl (C=O) groups is 1. The Hall–Kier alpha value is -4.21. The highest BCUT2D eigenvalue weighted by Crippen LogP contribution is 2.30. The number of ether oxygens (including phenoxy) is 2. The van der Waals surface area contributed by atoms with Crippen LogP contribution in [0.1, 0.15) is 18.7 Å². The molecule has 0 bridgehead atoms. The van der Waals surface area contributed by atoms with E-state index in [0.717, 1.165) is 5.01 Å². The monoisotopic (exact) mass is 409 g/mol. The van der Waals surface area contributed by atoms with Crippen molar-refractivity contribution in [3.8, 4) is 5.75 Å². The number of rotatable bonds is 5. The fourth-order valence-corrected chi connectivity index (χ4v) is 2.98. The number of non-ortho nitro benzene ring substituents is 1. The van der Waals surface area contributed by atoms with Crippen LogP contribution in [0.15, 0.2) is 68.9 Å². The van der Waals surface area contributed by atoms with Crippen molar-refractivity contribution < 1.29 is 23.6 Å². The Balaban J connectivity index is 1.54. The van der Waals surface area contributed by atoms with E-state index in [1.165, 1.54) is 37.3 Å². The Morgan fingerprint density at radius 3 is 2.67 bits per heavy atom. The second-order valence-corrected chi connectivity index (χ2v) is 6.39. The summed E-state index contributed by atoms with van der Waals surface area (Å²) >= 11 is 0. The molecule has 0 saturated carbocycles. The van der Waals surface area contributed by atoms with Gasteiger partial charge in [-0.2, -0.15) is 5.01 Å². The van der Waals surface area contributed by atoms with Crippen molar-refractivity contribution in [3.63, 3.8) is 0 Å². The highest BCUT2D eigenvalue weighted by atomic mass is 16.6. The van der Waals surface area contributed by atoms with E-state index in [-0.39, 0.29) is 24.1 Å². The number of amides is 1. The number of nitro groups is 1. The second-order valence-electron chi connectivity index (χ2n) is 6.39. The van der Waals surface area contributed by atoms with Gasteiger partial charge in [0.1, 0.15) is 11.3 Å². The van der Waals surface area contributed by atoms with Gasteiger partial charge in [0.25, 0.3) is 5.69 Å². The Bertz CT molecular complexity index is 1220. The first kappa shape index (κ1) is 19.1. The number of carbonyl (C=O) groups excluding carboxylic acids is 1. The first-order valence-electron chi connectivity index (χ1n) is 8.86. The fraction of sp³-hybridized carbons (Fsp3) is 0.150. The van der Waals surface area contributed by atoms with E-state index in [9.17, 15) is 19.7 Å². The third kappa shape index (κ3) is 3.70. The third-order valence-corrected chi connectivity index (χ3v) is 4.36. The minimum atomic E-state index is -0.875. The maximum Gasteiger partial charge on any atom is 0.339 e. The number of hydrazone groups is 1. The van der Waals surface area contributed by atoms with E-state index >= 15 is 0 Å². The van der Waals surface area contributed by atoms with Crippen molar-refractivity contribution in [3.05, 3.63) is 80.7 Å². The van der Waals surface area contributed by atoms with Gasteiger partial charge in [-0.05, 0) is 24.3 Å². The van der Waals surface area contributed by atoms with E-state index in [1.54, 1.807) is 24.3 Å². The van der Waals surface area contributed by atoms with E-state index in [1.807, 2.05) is 0 Å². The molecule has 0 fully saturated rings. The third-order valence-electron chi connectivity index (χ3n) is 4.36. The first-order chi connectivity index (χ1) is 14.4. The summed E-state index contributed by atoms with van der Waals surface area (Å²) in [5.41, 5.74) is 0.251. The highest BCUT2D eigenvalue weighted by molar-refractivity contribution is 5.85. The summed E-state index contributed by atoms with van der Waals surface area (Å²) in [4.78, 5) is 34.0. The van der Waals surface area contributed by atoms with Gasteiger partial charge in [-0.15, -0.1) is 5.10 Å². The lowest BCUT2D eigenvalue weighted by Gasteiger charge is -2.19. The maximum atomic E-state index is 12.0. The average Bonchev–Trinajstić information content (AvgIpc) is 3.16. The summed E-state index contributed by atoms with van der Waals surface area (Å²) in [6.07, 6.45) is -0.875. The van der Waals surface area contributed by atoms with Gasteiger partial charge in [0.15, 0.2) is 6.61 Å². The second kappa shape index (κ2) is 7.66. The van der Waals surface area contributed by atoms with Crippen molar-refractivity contribution in [2.75, 3.05) is 6.61 Å². The van der Waals surface area contributed by atoms with Crippen LogP contribution in [0, 0.1) is 10.1 Å². The van der Waals surface area contributed by atoms with Crippen LogP contribution in [0.3, 0.4) is 0 Å². The molecule has 30 heavy (non-hydrogen) atoms. The van der Waals surface area contributed by atoms with Gasteiger partial charge < -0.3 is 13.9 Å². The molecule has 1 aliphatic heterocycles. The molecule has 1 aromatic heterocycles. The Morgan fingerprint density at radius 1 is 1.23 bits per heavy atom. The molecule has 2 heterocycles. The zero-order chi connectivity index (χ0) is 21.3. The molecule has 1 atom stereocenters. The standard InChI is InChI=1S/C20H15N3O7/c1-12(24)22-20(13-6-8-14(9-7-13)23(26)27)30-18(21-22)11-28-17-10-19(25)29-16-5-3-2-4-15(16)17/h2-10,20H,11H2,1H3. The summed E-state index contributed by atoms with van der Waals surface area (Å²) in [6, 6.07) is 13.7. The molecule has 3 aromatic rings. The topological polar surface area (TPSA) is 124 Å². The number of para-hydroxylation sites is 1. The van der Waals surface area contributed by atoms with Crippen LogP contribution in [0.4, 0.5) is 5.69 Å². The number of fused-ring (bicyclic) bond motifs is 1. The van der Waals surface area contributed by atoms with Gasteiger partial charge in [0.05, 0.1) is 16.4 Å². The summed E-state index contributed by atoms with van der Waals surface area (Å²) in [6.45, 7) is 1.19. The SMILES string of the molecule is CC(=O)N1N=C(COc2cc(=O)oc3ccccc23)OC1c1ccc([N+](=O)[O-])cc1. The Morgan fingerprint density at radius 2 is 1.97 bits per heavy atom. The quantitative estimate of drug-likeness (QED) is 0.360. The molecule has 4 rings (SSSR count). The van der Waals surface area contributed by atoms with Crippen molar-refractivity contribution in [1.82, 2.24) is 5.01 Å². The lowest BCUT2D eigenvalue weighted by Crippen LogP contribution is -2.25. The number of nitrogens with zero attached hydrogens (tertiary/aromatic N) is 3. The van der Waals surface area contributed by atoms with Gasteiger partial charge >= 0.3 is 5.63 Å². The molecule has 0 spiro atoms. The predicted molar refractivity (Wildman–Crippen MR) is 105 cm³/mol. The average molecular weight is 409 g/mol. The van der Waals surface area contributed by atoms with Crippen molar-refractivity contribution in [2.45, 2.75) is 13.2 Å². The van der Waals surface area contributed by atoms with Crippen LogP contribution >= 0.6 is 0 Å². The molecule has 1 amide bonds. The van der Waals surface area contributed by atoms with Gasteiger partial charge in [-0.1, -0.05) is 12.1 Å². The largest absolute Gasteiger partial charge is 0.483 e. The Labute approximate surface area is 169 Å². The van der Waals surface area contributed by atoms with Gasteiger partial charge in [-0.25, -0.2) is 4.79 Å². The maximum absolute atomic E-state index is 12.0. The number of hydrogen-bond donors (Lipinski definition) is 0. The predicted octanol–water partition coefficient (Wildman–Crippen LogP) is 2.97. The molecule has 0 N–H and O–H groups in total. The van der Waals surface area contributed by atoms with E-state index in [0.29, 0.717) is 22.3 Å². The summed E-state index contributed by atoms with van der Waals surface area (Å²) in [5.74, 6) is 0.0337. The number of nitro benzene ring substituents is 1. The van der Waals surface area contributed by atoms with Crippen LogP contribution in [-0.2, 0) is 9.53 Å². The zero-order valence-corrected chi connectivity index (χ0v) is 15.7. The summed E-state index contributed by atoms with van der Waals surface area (Å²) < 4.78 is 16.6. The molecular weight excluding hydrogens is 394 g/mol. The molecule has 1 unspecified atom stereocenters. The minimum Gasteiger partial charge on any atom is -0.483 e. The van der Waals surface area contributed by atoms with Crippen molar-refractivity contribution in [2.24, 2.45) is 5.10 Å². The van der Waals surface area contributed by atoms with Crippen molar-refractivity contribution in [1.29, 1.82) is 0 Å². The van der Waals surface area contributed by atoms with Gasteiger partial charge in [-0.3, -0.25) is 14.9 Å². The van der Waals surface area contributed by atoms with Crippen molar-refractivity contribution >= 4 is 28.5 Å². The van der Waals surface area contributed by atoms with Gasteiger partial charge in [0, 0.05) is 24.6 Å². The number of benzene rings is 2. The molecule has 0 radical (unpaired) electrons.